The average Bonchev–Trinajstić information content (AvgIpc) is 3.11. The fraction of sp³-hybridized carbons (Fsp3) is 0.417. The Labute approximate surface area is 111 Å². The van der Waals surface area contributed by atoms with Gasteiger partial charge < -0.3 is 15.7 Å². The van der Waals surface area contributed by atoms with Gasteiger partial charge in [0, 0.05) is 12.1 Å². The molecule has 1 aromatic carbocycles. The molecule has 0 heterocycles. The molecule has 1 aromatic rings. The molecule has 1 aliphatic rings. The number of carbonyl (C=O) groups is 1. The van der Waals surface area contributed by atoms with Crippen LogP contribution in [-0.4, -0.2) is 29.8 Å². The third kappa shape index (κ3) is 3.12. The zero-order valence-electron chi connectivity index (χ0n) is 10.2. The van der Waals surface area contributed by atoms with Crippen LogP contribution in [-0.2, 0) is 0 Å². The first-order chi connectivity index (χ1) is 9.19. The number of aromatic carboxylic acids is 1. The van der Waals surface area contributed by atoms with Crippen molar-refractivity contribution in [2.45, 2.75) is 25.1 Å². The zero-order valence-corrected chi connectivity index (χ0v) is 10.2. The molecule has 4 nitrogen and oxygen atoms in total. The van der Waals surface area contributed by atoms with Gasteiger partial charge in [0.05, 0.1) is 16.9 Å². The van der Waals surface area contributed by atoms with E-state index in [1.165, 1.54) is 0 Å². The van der Waals surface area contributed by atoms with E-state index in [0.29, 0.717) is 12.8 Å². The van der Waals surface area contributed by atoms with Crippen LogP contribution in [0.2, 0.25) is 0 Å². The molecule has 2 rings (SSSR count). The van der Waals surface area contributed by atoms with Crippen molar-refractivity contribution >= 4 is 17.3 Å². The van der Waals surface area contributed by atoms with Gasteiger partial charge >= 0.3 is 12.1 Å². The second kappa shape index (κ2) is 4.84. The number of hydrogen-bond donors (Lipinski definition) is 2. The largest absolute Gasteiger partial charge is 0.478 e. The van der Waals surface area contributed by atoms with Crippen molar-refractivity contribution in [1.82, 2.24) is 0 Å². The molecule has 0 aliphatic heterocycles. The molecule has 0 atom stereocenters. The Bertz CT molecular complexity index is 541. The number of hydrogen-bond acceptors (Lipinski definition) is 3. The van der Waals surface area contributed by atoms with E-state index in [9.17, 15) is 22.4 Å². The molecule has 20 heavy (non-hydrogen) atoms. The Morgan fingerprint density at radius 3 is 2.45 bits per heavy atom. The number of halogens is 4. The van der Waals surface area contributed by atoms with Crippen molar-refractivity contribution in [1.29, 1.82) is 0 Å². The molecule has 0 amide bonds. The van der Waals surface area contributed by atoms with Gasteiger partial charge in [-0.1, -0.05) is 0 Å². The first-order valence-corrected chi connectivity index (χ1v) is 5.85. The SMILES string of the molecule is Nc1cc(C(=O)O)c(F)cc1N(CC(F)(F)F)C1CC1. The maximum Gasteiger partial charge on any atom is 0.405 e. The standard InChI is InChI=1S/C12H12F4N2O2/c13-8-4-10(9(17)3-7(8)11(19)20)18(6-1-2-6)5-12(14,15)16/h3-4,6H,1-2,5,17H2,(H,19,20). The number of nitrogens with zero attached hydrogens (tertiary/aromatic N) is 1. The Kier molecular flexibility index (Phi) is 3.49. The summed E-state index contributed by atoms with van der Waals surface area (Å²) in [5.74, 6) is -2.62. The van der Waals surface area contributed by atoms with Gasteiger partial charge in [-0.05, 0) is 18.9 Å². The van der Waals surface area contributed by atoms with Crippen LogP contribution in [0, 0.1) is 5.82 Å². The summed E-state index contributed by atoms with van der Waals surface area (Å²) in [5, 5.41) is 8.74. The van der Waals surface area contributed by atoms with E-state index >= 15 is 0 Å². The molecular formula is C12H12F4N2O2. The summed E-state index contributed by atoms with van der Waals surface area (Å²) in [7, 11) is 0. The van der Waals surface area contributed by atoms with E-state index < -0.39 is 30.1 Å². The van der Waals surface area contributed by atoms with E-state index in [1.54, 1.807) is 0 Å². The average molecular weight is 292 g/mol. The summed E-state index contributed by atoms with van der Waals surface area (Å²) in [5.41, 5.74) is 4.62. The first kappa shape index (κ1) is 14.4. The highest BCUT2D eigenvalue weighted by molar-refractivity contribution is 5.91. The van der Waals surface area contributed by atoms with Gasteiger partial charge in [0.2, 0.25) is 0 Å². The van der Waals surface area contributed by atoms with Gasteiger partial charge in [-0.3, -0.25) is 0 Å². The van der Waals surface area contributed by atoms with Crippen LogP contribution >= 0.6 is 0 Å². The highest BCUT2D eigenvalue weighted by Crippen LogP contribution is 2.38. The Morgan fingerprint density at radius 1 is 1.40 bits per heavy atom. The van der Waals surface area contributed by atoms with Crippen molar-refractivity contribution in [3.8, 4) is 0 Å². The summed E-state index contributed by atoms with van der Waals surface area (Å²) in [6.45, 7) is -1.24. The lowest BCUT2D eigenvalue weighted by Crippen LogP contribution is -2.36. The third-order valence-electron chi connectivity index (χ3n) is 2.99. The molecule has 110 valence electrons. The van der Waals surface area contributed by atoms with E-state index in [4.69, 9.17) is 10.8 Å². The van der Waals surface area contributed by atoms with Crippen molar-refractivity contribution in [3.05, 3.63) is 23.5 Å². The molecule has 0 aromatic heterocycles. The van der Waals surface area contributed by atoms with Crippen LogP contribution in [0.5, 0.6) is 0 Å². The van der Waals surface area contributed by atoms with Crippen molar-refractivity contribution in [2.24, 2.45) is 0 Å². The number of alkyl halides is 3. The summed E-state index contributed by atoms with van der Waals surface area (Å²) in [4.78, 5) is 11.7. The fourth-order valence-corrected chi connectivity index (χ4v) is 1.98. The minimum Gasteiger partial charge on any atom is -0.478 e. The van der Waals surface area contributed by atoms with Crippen LogP contribution in [0.25, 0.3) is 0 Å². The van der Waals surface area contributed by atoms with Crippen molar-refractivity contribution in [3.63, 3.8) is 0 Å². The summed E-state index contributed by atoms with van der Waals surface area (Å²) in [6, 6.07) is 1.26. The maximum atomic E-state index is 13.6. The summed E-state index contributed by atoms with van der Waals surface area (Å²) < 4.78 is 51.3. The zero-order chi connectivity index (χ0) is 15.1. The third-order valence-corrected chi connectivity index (χ3v) is 2.99. The minimum absolute atomic E-state index is 0.118. The fourth-order valence-electron chi connectivity index (χ4n) is 1.98. The number of rotatable bonds is 4. The molecule has 1 saturated carbocycles. The number of nitrogens with two attached hydrogens (primary N) is 1. The van der Waals surface area contributed by atoms with E-state index in [-0.39, 0.29) is 17.4 Å². The molecular weight excluding hydrogens is 280 g/mol. The molecule has 0 bridgehead atoms. The van der Waals surface area contributed by atoms with E-state index in [2.05, 4.69) is 0 Å². The first-order valence-electron chi connectivity index (χ1n) is 5.85. The Morgan fingerprint density at radius 2 is 2.00 bits per heavy atom. The predicted molar refractivity (Wildman–Crippen MR) is 64.2 cm³/mol. The van der Waals surface area contributed by atoms with E-state index in [1.807, 2.05) is 0 Å². The molecule has 0 radical (unpaired) electrons. The Balaban J connectivity index is 2.39. The Hall–Kier alpha value is -1.99. The highest BCUT2D eigenvalue weighted by atomic mass is 19.4. The molecule has 8 heteroatoms. The minimum atomic E-state index is -4.45. The monoisotopic (exact) mass is 292 g/mol. The second-order valence-electron chi connectivity index (χ2n) is 4.67. The highest BCUT2D eigenvalue weighted by Gasteiger charge is 2.39. The molecule has 1 fully saturated rings. The lowest BCUT2D eigenvalue weighted by molar-refractivity contribution is -0.119. The van der Waals surface area contributed by atoms with Crippen LogP contribution in [0.3, 0.4) is 0 Å². The number of nitrogen functional groups attached to an aromatic ring is 1. The predicted octanol–water partition coefficient (Wildman–Crippen LogP) is 2.64. The molecule has 1 aliphatic carbocycles. The lowest BCUT2D eigenvalue weighted by Gasteiger charge is -2.27. The molecule has 0 unspecified atom stereocenters. The van der Waals surface area contributed by atoms with Crippen molar-refractivity contribution in [2.75, 3.05) is 17.2 Å². The van der Waals surface area contributed by atoms with Gasteiger partial charge in [0.1, 0.15) is 12.4 Å². The number of carboxylic acids is 1. The van der Waals surface area contributed by atoms with Gasteiger partial charge in [0.15, 0.2) is 0 Å². The summed E-state index contributed by atoms with van der Waals surface area (Å²) >= 11 is 0. The topological polar surface area (TPSA) is 66.6 Å². The smallest absolute Gasteiger partial charge is 0.405 e. The van der Waals surface area contributed by atoms with Crippen LogP contribution < -0.4 is 10.6 Å². The van der Waals surface area contributed by atoms with Crippen LogP contribution in [0.1, 0.15) is 23.2 Å². The van der Waals surface area contributed by atoms with Crippen LogP contribution in [0.4, 0.5) is 28.9 Å². The molecule has 0 spiro atoms. The van der Waals surface area contributed by atoms with Crippen LogP contribution in [0.15, 0.2) is 12.1 Å². The normalized spacial score (nSPS) is 15.2. The number of anilines is 2. The molecule has 3 N–H and O–H groups in total. The van der Waals surface area contributed by atoms with Gasteiger partial charge in [0.25, 0.3) is 0 Å². The van der Waals surface area contributed by atoms with Gasteiger partial charge in [-0.15, -0.1) is 0 Å². The number of carboxylic acid groups (broad SMARTS) is 1. The number of benzene rings is 1. The molecule has 0 saturated heterocycles. The maximum absolute atomic E-state index is 13.6. The lowest BCUT2D eigenvalue weighted by atomic mass is 10.1. The summed E-state index contributed by atoms with van der Waals surface area (Å²) in [6.07, 6.45) is -3.31. The quantitative estimate of drug-likeness (QED) is 0.661. The van der Waals surface area contributed by atoms with Gasteiger partial charge in [-0.2, -0.15) is 13.2 Å². The van der Waals surface area contributed by atoms with Crippen molar-refractivity contribution < 1.29 is 27.5 Å². The second-order valence-corrected chi connectivity index (χ2v) is 4.67. The van der Waals surface area contributed by atoms with Gasteiger partial charge in [-0.25, -0.2) is 9.18 Å². The van der Waals surface area contributed by atoms with E-state index in [0.717, 1.165) is 17.0 Å².